The fraction of sp³-hybridized carbons (Fsp3) is 0.538. The molecule has 1 N–H and O–H groups in total. The zero-order chi connectivity index (χ0) is 16.5. The lowest BCUT2D eigenvalue weighted by Crippen LogP contribution is -2.32. The molecule has 0 saturated carbocycles. The second-order valence-electron chi connectivity index (χ2n) is 5.55. The van der Waals surface area contributed by atoms with E-state index in [2.05, 4.69) is 21.2 Å². The van der Waals surface area contributed by atoms with E-state index in [4.69, 9.17) is 0 Å². The van der Waals surface area contributed by atoms with E-state index >= 15 is 0 Å². The van der Waals surface area contributed by atoms with Gasteiger partial charge in [0.2, 0.25) is 0 Å². The minimum absolute atomic E-state index is 0.0529. The minimum Gasteiger partial charge on any atom is -0.384 e. The number of sulfone groups is 1. The monoisotopic (exact) mass is 387 g/mol. The molecule has 0 aliphatic heterocycles. The topological polar surface area (TPSA) is 46.2 Å². The fourth-order valence-electron chi connectivity index (χ4n) is 1.49. The minimum atomic E-state index is -4.46. The molecule has 0 aliphatic carbocycles. The third-order valence-corrected chi connectivity index (χ3v) is 6.20. The van der Waals surface area contributed by atoms with Gasteiger partial charge in [-0.05, 0) is 39.0 Å². The Morgan fingerprint density at radius 2 is 1.76 bits per heavy atom. The van der Waals surface area contributed by atoms with Crippen molar-refractivity contribution < 1.29 is 21.6 Å². The summed E-state index contributed by atoms with van der Waals surface area (Å²) in [7, 11) is -3.31. The number of rotatable bonds is 4. The van der Waals surface area contributed by atoms with Crippen molar-refractivity contribution in [1.29, 1.82) is 0 Å². The van der Waals surface area contributed by atoms with Gasteiger partial charge in [-0.25, -0.2) is 8.42 Å². The van der Waals surface area contributed by atoms with Gasteiger partial charge in [0.15, 0.2) is 9.84 Å². The van der Waals surface area contributed by atoms with E-state index in [1.165, 1.54) is 12.1 Å². The van der Waals surface area contributed by atoms with Crippen molar-refractivity contribution in [2.75, 3.05) is 17.6 Å². The third kappa shape index (κ3) is 4.88. The standard InChI is InChI=1S/C13H17BrF3NO2S/c1-12(2,3)21(19,20)7-6-18-9-4-5-11(14)10(8-9)13(15,16)17/h4-5,8,18H,6-7H2,1-3H3. The van der Waals surface area contributed by atoms with E-state index in [-0.39, 0.29) is 22.5 Å². The second kappa shape index (κ2) is 6.16. The first-order valence-electron chi connectivity index (χ1n) is 6.17. The lowest BCUT2D eigenvalue weighted by Gasteiger charge is -2.19. The van der Waals surface area contributed by atoms with Crippen LogP contribution in [0.15, 0.2) is 22.7 Å². The molecule has 0 bridgehead atoms. The number of halogens is 4. The van der Waals surface area contributed by atoms with E-state index in [9.17, 15) is 21.6 Å². The van der Waals surface area contributed by atoms with Gasteiger partial charge in [0.25, 0.3) is 0 Å². The van der Waals surface area contributed by atoms with Gasteiger partial charge in [-0.1, -0.05) is 15.9 Å². The summed E-state index contributed by atoms with van der Waals surface area (Å²) in [5, 5.41) is 2.71. The number of alkyl halides is 3. The smallest absolute Gasteiger partial charge is 0.384 e. The van der Waals surface area contributed by atoms with Crippen LogP contribution in [-0.2, 0) is 16.0 Å². The summed E-state index contributed by atoms with van der Waals surface area (Å²) in [6.07, 6.45) is -4.46. The van der Waals surface area contributed by atoms with Crippen molar-refractivity contribution >= 4 is 31.5 Å². The lowest BCUT2D eigenvalue weighted by molar-refractivity contribution is -0.138. The maximum atomic E-state index is 12.7. The summed E-state index contributed by atoms with van der Waals surface area (Å²) in [6, 6.07) is 3.69. The van der Waals surface area contributed by atoms with E-state index in [1.807, 2.05) is 0 Å². The second-order valence-corrected chi connectivity index (χ2v) is 9.27. The molecule has 0 aliphatic rings. The average molecular weight is 388 g/mol. The van der Waals surface area contributed by atoms with Gasteiger partial charge >= 0.3 is 6.18 Å². The molecule has 0 amide bonds. The van der Waals surface area contributed by atoms with Gasteiger partial charge in [-0.3, -0.25) is 0 Å². The van der Waals surface area contributed by atoms with Crippen LogP contribution in [0.1, 0.15) is 26.3 Å². The van der Waals surface area contributed by atoms with E-state index in [0.29, 0.717) is 0 Å². The Balaban J connectivity index is 2.79. The highest BCUT2D eigenvalue weighted by atomic mass is 79.9. The van der Waals surface area contributed by atoms with Crippen LogP contribution >= 0.6 is 15.9 Å². The molecule has 0 aromatic heterocycles. The van der Waals surface area contributed by atoms with Crippen molar-refractivity contribution in [2.24, 2.45) is 0 Å². The predicted molar refractivity (Wildman–Crippen MR) is 81.2 cm³/mol. The van der Waals surface area contributed by atoms with Gasteiger partial charge in [0, 0.05) is 16.7 Å². The van der Waals surface area contributed by atoms with Crippen molar-refractivity contribution in [3.63, 3.8) is 0 Å². The Hall–Kier alpha value is -0.760. The average Bonchev–Trinajstić information content (AvgIpc) is 2.28. The van der Waals surface area contributed by atoms with Crippen molar-refractivity contribution in [3.8, 4) is 0 Å². The number of benzene rings is 1. The highest BCUT2D eigenvalue weighted by molar-refractivity contribution is 9.10. The van der Waals surface area contributed by atoms with E-state index < -0.39 is 26.3 Å². The SMILES string of the molecule is CC(C)(C)S(=O)(=O)CCNc1ccc(Br)c(C(F)(F)F)c1. The predicted octanol–water partition coefficient (Wildman–Crippen LogP) is 4.09. The van der Waals surface area contributed by atoms with Crippen molar-refractivity contribution in [2.45, 2.75) is 31.7 Å². The maximum Gasteiger partial charge on any atom is 0.417 e. The highest BCUT2D eigenvalue weighted by Crippen LogP contribution is 2.36. The quantitative estimate of drug-likeness (QED) is 0.845. The van der Waals surface area contributed by atoms with Crippen LogP contribution in [0.5, 0.6) is 0 Å². The fourth-order valence-corrected chi connectivity index (χ4v) is 2.94. The third-order valence-electron chi connectivity index (χ3n) is 2.90. The van der Waals surface area contributed by atoms with Crippen LogP contribution in [0.3, 0.4) is 0 Å². The van der Waals surface area contributed by atoms with E-state index in [0.717, 1.165) is 6.07 Å². The largest absolute Gasteiger partial charge is 0.417 e. The van der Waals surface area contributed by atoms with Crippen LogP contribution in [0.2, 0.25) is 0 Å². The van der Waals surface area contributed by atoms with Gasteiger partial charge < -0.3 is 5.32 Å². The molecule has 1 aromatic rings. The molecule has 1 rings (SSSR count). The molecule has 0 unspecified atom stereocenters. The summed E-state index contributed by atoms with van der Waals surface area (Å²) < 4.78 is 61.1. The van der Waals surface area contributed by atoms with Gasteiger partial charge in [-0.15, -0.1) is 0 Å². The van der Waals surface area contributed by atoms with Gasteiger partial charge in [0.1, 0.15) is 0 Å². The molecule has 0 heterocycles. The Kier molecular flexibility index (Phi) is 5.36. The molecule has 0 saturated heterocycles. The molecule has 120 valence electrons. The first-order chi connectivity index (χ1) is 9.34. The zero-order valence-electron chi connectivity index (χ0n) is 11.9. The summed E-state index contributed by atoms with van der Waals surface area (Å²) >= 11 is 2.85. The van der Waals surface area contributed by atoms with Gasteiger partial charge in [0.05, 0.1) is 16.1 Å². The number of hydrogen-bond donors (Lipinski definition) is 1. The van der Waals surface area contributed by atoms with E-state index in [1.54, 1.807) is 20.8 Å². The molecule has 0 fully saturated rings. The zero-order valence-corrected chi connectivity index (χ0v) is 14.3. The lowest BCUT2D eigenvalue weighted by atomic mass is 10.2. The Morgan fingerprint density at radius 3 is 2.24 bits per heavy atom. The Bertz CT molecular complexity index is 607. The van der Waals surface area contributed by atoms with Crippen LogP contribution < -0.4 is 5.32 Å². The first kappa shape index (κ1) is 18.3. The molecular weight excluding hydrogens is 371 g/mol. The molecular formula is C13H17BrF3NO2S. The maximum absolute atomic E-state index is 12.7. The van der Waals surface area contributed by atoms with Crippen LogP contribution in [0.25, 0.3) is 0 Å². The molecule has 1 aromatic carbocycles. The number of anilines is 1. The molecule has 0 atom stereocenters. The number of hydrogen-bond acceptors (Lipinski definition) is 3. The van der Waals surface area contributed by atoms with Crippen molar-refractivity contribution in [3.05, 3.63) is 28.2 Å². The van der Waals surface area contributed by atoms with Crippen LogP contribution in [0.4, 0.5) is 18.9 Å². The summed E-state index contributed by atoms with van der Waals surface area (Å²) in [4.78, 5) is 0. The van der Waals surface area contributed by atoms with Crippen molar-refractivity contribution in [1.82, 2.24) is 0 Å². The Labute approximate surface area is 131 Å². The van der Waals surface area contributed by atoms with Crippen LogP contribution in [-0.4, -0.2) is 25.5 Å². The highest BCUT2D eigenvalue weighted by Gasteiger charge is 2.33. The molecule has 3 nitrogen and oxygen atoms in total. The van der Waals surface area contributed by atoms with Crippen LogP contribution in [0, 0.1) is 0 Å². The molecule has 8 heteroatoms. The normalized spacial score (nSPS) is 13.3. The Morgan fingerprint density at radius 1 is 1.19 bits per heavy atom. The molecule has 21 heavy (non-hydrogen) atoms. The number of nitrogens with one attached hydrogen (secondary N) is 1. The molecule has 0 spiro atoms. The summed E-state index contributed by atoms with van der Waals surface area (Å²) in [6.45, 7) is 4.82. The molecule has 0 radical (unpaired) electrons. The summed E-state index contributed by atoms with van der Waals surface area (Å²) in [5.74, 6) is -0.145. The van der Waals surface area contributed by atoms with Gasteiger partial charge in [-0.2, -0.15) is 13.2 Å². The first-order valence-corrected chi connectivity index (χ1v) is 8.62. The summed E-state index contributed by atoms with van der Waals surface area (Å²) in [5.41, 5.74) is -0.569.